The molecular weight excluding hydrogens is 422 g/mol. The summed E-state index contributed by atoms with van der Waals surface area (Å²) in [4.78, 5) is 27.5. The number of nitrogens with zero attached hydrogens (tertiary/aromatic N) is 4. The van der Waals surface area contributed by atoms with E-state index in [1.165, 1.54) is 25.3 Å². The summed E-state index contributed by atoms with van der Waals surface area (Å²) in [6.07, 6.45) is 2.96. The molecule has 0 saturated heterocycles. The Balaban J connectivity index is 1.89. The second-order valence-corrected chi connectivity index (χ2v) is 6.96. The molecule has 32 heavy (non-hydrogen) atoms. The molecule has 3 aromatic rings. The first-order valence-electron chi connectivity index (χ1n) is 9.54. The fraction of sp³-hybridized carbons (Fsp3) is 0.286. The summed E-state index contributed by atoms with van der Waals surface area (Å²) in [6.45, 7) is 3.77. The summed E-state index contributed by atoms with van der Waals surface area (Å²) in [7, 11) is 1.54. The molecule has 2 N–H and O–H groups in total. The van der Waals surface area contributed by atoms with Gasteiger partial charge < -0.3 is 20.1 Å². The quantitative estimate of drug-likeness (QED) is 0.537. The highest BCUT2D eigenvalue weighted by molar-refractivity contribution is 5.88. The van der Waals surface area contributed by atoms with Crippen LogP contribution in [0.4, 0.5) is 26.1 Å². The van der Waals surface area contributed by atoms with Crippen LogP contribution in [0.25, 0.3) is 0 Å². The number of nitrogens with one attached hydrogen (secondary N) is 2. The topological polar surface area (TPSA) is 111 Å². The van der Waals surface area contributed by atoms with Gasteiger partial charge in [0, 0.05) is 31.7 Å². The van der Waals surface area contributed by atoms with E-state index in [2.05, 4.69) is 30.6 Å². The summed E-state index contributed by atoms with van der Waals surface area (Å²) >= 11 is 0. The van der Waals surface area contributed by atoms with Crippen LogP contribution in [0, 0.1) is 6.92 Å². The SMILES string of the molecule is COc1ccc(COc2cnc(NC(C)=O)cc2Nc2cc(C)nc(C(C)(F)F)n2)nc1. The van der Waals surface area contributed by atoms with Crippen molar-refractivity contribution in [1.82, 2.24) is 19.9 Å². The summed E-state index contributed by atoms with van der Waals surface area (Å²) in [5, 5.41) is 5.52. The lowest BCUT2D eigenvalue weighted by Crippen LogP contribution is -2.14. The molecule has 0 atom stereocenters. The average molecular weight is 444 g/mol. The highest BCUT2D eigenvalue weighted by atomic mass is 19.3. The van der Waals surface area contributed by atoms with Crippen molar-refractivity contribution in [3.05, 3.63) is 53.9 Å². The van der Waals surface area contributed by atoms with Crippen LogP contribution in [0.1, 0.15) is 31.1 Å². The van der Waals surface area contributed by atoms with Crippen LogP contribution in [-0.4, -0.2) is 33.0 Å². The third kappa shape index (κ3) is 6.06. The predicted molar refractivity (Wildman–Crippen MR) is 113 cm³/mol. The van der Waals surface area contributed by atoms with Crippen LogP contribution < -0.4 is 20.1 Å². The van der Waals surface area contributed by atoms with Crippen molar-refractivity contribution in [1.29, 1.82) is 0 Å². The molecule has 0 bridgehead atoms. The van der Waals surface area contributed by atoms with Gasteiger partial charge in [-0.15, -0.1) is 0 Å². The lowest BCUT2D eigenvalue weighted by Gasteiger charge is -2.16. The number of ether oxygens (including phenoxy) is 2. The van der Waals surface area contributed by atoms with Crippen LogP contribution in [0.15, 0.2) is 36.7 Å². The molecule has 3 aromatic heterocycles. The largest absolute Gasteiger partial charge is 0.495 e. The summed E-state index contributed by atoms with van der Waals surface area (Å²) < 4.78 is 38.4. The van der Waals surface area contributed by atoms with E-state index in [4.69, 9.17) is 9.47 Å². The Bertz CT molecular complexity index is 1100. The van der Waals surface area contributed by atoms with Crippen molar-refractivity contribution in [2.75, 3.05) is 17.7 Å². The Hall–Kier alpha value is -3.89. The number of aryl methyl sites for hydroxylation is 1. The third-order valence-electron chi connectivity index (χ3n) is 4.09. The first kappa shape index (κ1) is 22.8. The molecule has 3 rings (SSSR count). The maximum Gasteiger partial charge on any atom is 0.303 e. The van der Waals surface area contributed by atoms with Crippen LogP contribution in [-0.2, 0) is 17.3 Å². The Kier molecular flexibility index (Phi) is 6.76. The van der Waals surface area contributed by atoms with Gasteiger partial charge in [-0.1, -0.05) is 0 Å². The fourth-order valence-electron chi connectivity index (χ4n) is 2.64. The van der Waals surface area contributed by atoms with E-state index in [0.717, 1.165) is 6.92 Å². The maximum atomic E-state index is 13.8. The van der Waals surface area contributed by atoms with Crippen molar-refractivity contribution in [2.24, 2.45) is 0 Å². The molecule has 0 radical (unpaired) electrons. The molecule has 0 saturated carbocycles. The van der Waals surface area contributed by atoms with E-state index < -0.39 is 11.7 Å². The lowest BCUT2D eigenvalue weighted by atomic mass is 10.3. The number of pyridine rings is 2. The predicted octanol–water partition coefficient (Wildman–Crippen LogP) is 3.98. The van der Waals surface area contributed by atoms with Gasteiger partial charge in [-0.2, -0.15) is 8.78 Å². The number of rotatable bonds is 8. The second kappa shape index (κ2) is 9.50. The molecule has 0 spiro atoms. The third-order valence-corrected chi connectivity index (χ3v) is 4.09. The molecule has 0 aliphatic heterocycles. The summed E-state index contributed by atoms with van der Waals surface area (Å²) in [5.74, 6) is -2.83. The first-order chi connectivity index (χ1) is 15.1. The minimum absolute atomic E-state index is 0.112. The number of methoxy groups -OCH3 is 1. The number of hydrogen-bond acceptors (Lipinski definition) is 8. The second-order valence-electron chi connectivity index (χ2n) is 6.96. The number of carbonyl (C=O) groups is 1. The van der Waals surface area contributed by atoms with E-state index in [1.807, 2.05) is 0 Å². The van der Waals surface area contributed by atoms with Gasteiger partial charge in [-0.3, -0.25) is 9.78 Å². The number of anilines is 3. The van der Waals surface area contributed by atoms with E-state index in [0.29, 0.717) is 28.6 Å². The Morgan fingerprint density at radius 3 is 2.53 bits per heavy atom. The van der Waals surface area contributed by atoms with Crippen molar-refractivity contribution in [2.45, 2.75) is 33.3 Å². The summed E-state index contributed by atoms with van der Waals surface area (Å²) in [6, 6.07) is 6.52. The zero-order valence-corrected chi connectivity index (χ0v) is 17.9. The highest BCUT2D eigenvalue weighted by Gasteiger charge is 2.29. The number of carbonyl (C=O) groups excluding carboxylic acids is 1. The molecule has 3 heterocycles. The van der Waals surface area contributed by atoms with Gasteiger partial charge >= 0.3 is 5.92 Å². The number of amides is 1. The van der Waals surface area contributed by atoms with Gasteiger partial charge in [0.1, 0.15) is 24.0 Å². The van der Waals surface area contributed by atoms with Crippen molar-refractivity contribution >= 4 is 23.2 Å². The molecular formula is C21H22F2N6O3. The Morgan fingerprint density at radius 2 is 1.91 bits per heavy atom. The van der Waals surface area contributed by atoms with Crippen molar-refractivity contribution in [3.8, 4) is 11.5 Å². The van der Waals surface area contributed by atoms with Crippen molar-refractivity contribution in [3.63, 3.8) is 0 Å². The summed E-state index contributed by atoms with van der Waals surface area (Å²) in [5.41, 5.74) is 1.36. The normalized spacial score (nSPS) is 11.1. The van der Waals surface area contributed by atoms with Crippen molar-refractivity contribution < 1.29 is 23.0 Å². The highest BCUT2D eigenvalue weighted by Crippen LogP contribution is 2.31. The monoisotopic (exact) mass is 444 g/mol. The molecule has 0 aromatic carbocycles. The van der Waals surface area contributed by atoms with Crippen LogP contribution in [0.2, 0.25) is 0 Å². The maximum absolute atomic E-state index is 13.8. The van der Waals surface area contributed by atoms with Gasteiger partial charge in [-0.25, -0.2) is 15.0 Å². The molecule has 168 valence electrons. The molecule has 0 fully saturated rings. The zero-order chi connectivity index (χ0) is 23.3. The minimum Gasteiger partial charge on any atom is -0.495 e. The zero-order valence-electron chi connectivity index (χ0n) is 17.9. The van der Waals surface area contributed by atoms with Gasteiger partial charge in [0.05, 0.1) is 30.9 Å². The molecule has 1 amide bonds. The number of halogens is 2. The van der Waals surface area contributed by atoms with Gasteiger partial charge in [0.2, 0.25) is 11.7 Å². The van der Waals surface area contributed by atoms with Gasteiger partial charge in [0.15, 0.2) is 5.75 Å². The number of aromatic nitrogens is 4. The number of alkyl halides is 2. The lowest BCUT2D eigenvalue weighted by molar-refractivity contribution is -0.114. The van der Waals surface area contributed by atoms with Crippen LogP contribution in [0.3, 0.4) is 0 Å². The van der Waals surface area contributed by atoms with E-state index in [1.54, 1.807) is 32.4 Å². The first-order valence-corrected chi connectivity index (χ1v) is 9.54. The molecule has 0 aliphatic rings. The van der Waals surface area contributed by atoms with Crippen LogP contribution >= 0.6 is 0 Å². The average Bonchev–Trinajstić information content (AvgIpc) is 2.72. The van der Waals surface area contributed by atoms with E-state index in [-0.39, 0.29) is 24.1 Å². The minimum atomic E-state index is -3.21. The Labute approximate surface area is 183 Å². The van der Waals surface area contributed by atoms with E-state index in [9.17, 15) is 13.6 Å². The Morgan fingerprint density at radius 1 is 1.12 bits per heavy atom. The number of hydrogen-bond donors (Lipinski definition) is 2. The van der Waals surface area contributed by atoms with Gasteiger partial charge in [-0.05, 0) is 19.1 Å². The van der Waals surface area contributed by atoms with E-state index >= 15 is 0 Å². The molecule has 0 aliphatic carbocycles. The molecule has 9 nitrogen and oxygen atoms in total. The standard InChI is InChI=1S/C21H22F2N6O3/c1-12-7-19(29-20(26-12)21(3,22)23)28-16-8-18(27-13(2)30)25-10-17(16)32-11-14-5-6-15(31-4)9-24-14/h5-10H,11H2,1-4H3,(H2,25,26,27,28,29,30). The fourth-order valence-corrected chi connectivity index (χ4v) is 2.64. The molecule has 0 unspecified atom stereocenters. The van der Waals surface area contributed by atoms with Gasteiger partial charge in [0.25, 0.3) is 0 Å². The smallest absolute Gasteiger partial charge is 0.303 e. The van der Waals surface area contributed by atoms with Crippen LogP contribution in [0.5, 0.6) is 11.5 Å². The molecule has 11 heteroatoms.